The predicted octanol–water partition coefficient (Wildman–Crippen LogP) is 1.46. The molecule has 0 amide bonds. The number of fused-ring (bicyclic) bond motifs is 2. The molecule has 0 aromatic heterocycles. The Morgan fingerprint density at radius 3 is 2.79 bits per heavy atom. The molecule has 14 heavy (non-hydrogen) atoms. The molecular weight excluding hydrogens is 174 g/mol. The van der Waals surface area contributed by atoms with Crippen molar-refractivity contribution in [2.24, 2.45) is 11.8 Å². The monoisotopic (exact) mass is 193 g/mol. The van der Waals surface area contributed by atoms with Gasteiger partial charge in [0.2, 0.25) is 0 Å². The summed E-state index contributed by atoms with van der Waals surface area (Å²) in [7, 11) is 0. The van der Waals surface area contributed by atoms with Gasteiger partial charge < -0.3 is 10.4 Å². The summed E-state index contributed by atoms with van der Waals surface area (Å²) in [6.45, 7) is 1.09. The maximum atomic E-state index is 10.7. The highest BCUT2D eigenvalue weighted by Crippen LogP contribution is 2.48. The van der Waals surface area contributed by atoms with Crippen molar-refractivity contribution < 1.29 is 5.11 Å². The molecule has 1 saturated carbocycles. The van der Waals surface area contributed by atoms with Crippen molar-refractivity contribution in [1.82, 2.24) is 5.32 Å². The van der Waals surface area contributed by atoms with Gasteiger partial charge in [-0.1, -0.05) is 18.6 Å². The lowest BCUT2D eigenvalue weighted by atomic mass is 9.78. The van der Waals surface area contributed by atoms with E-state index in [1.807, 2.05) is 0 Å². The number of hydrogen-bond donors (Lipinski definition) is 2. The molecule has 2 heteroatoms. The van der Waals surface area contributed by atoms with Crippen LogP contribution in [0.5, 0.6) is 0 Å². The number of allylic oxidation sites excluding steroid dienone is 1. The summed E-state index contributed by atoms with van der Waals surface area (Å²) in [6, 6.07) is 0.358. The smallest absolute Gasteiger partial charge is 0.0867 e. The van der Waals surface area contributed by atoms with Crippen LogP contribution in [0, 0.1) is 11.8 Å². The molecule has 1 saturated heterocycles. The van der Waals surface area contributed by atoms with E-state index in [4.69, 9.17) is 0 Å². The number of hydrogen-bond acceptors (Lipinski definition) is 2. The lowest BCUT2D eigenvalue weighted by Crippen LogP contribution is -2.55. The van der Waals surface area contributed by atoms with Gasteiger partial charge in [-0.05, 0) is 38.1 Å². The second kappa shape index (κ2) is 3.07. The van der Waals surface area contributed by atoms with Crippen molar-refractivity contribution in [1.29, 1.82) is 0 Å². The summed E-state index contributed by atoms with van der Waals surface area (Å²) < 4.78 is 0. The summed E-state index contributed by atoms with van der Waals surface area (Å²) >= 11 is 0. The van der Waals surface area contributed by atoms with Crippen LogP contribution in [0.1, 0.15) is 32.1 Å². The molecule has 4 unspecified atom stereocenters. The van der Waals surface area contributed by atoms with Gasteiger partial charge >= 0.3 is 0 Å². The fourth-order valence-corrected chi connectivity index (χ4v) is 3.55. The molecule has 78 valence electrons. The third kappa shape index (κ3) is 1.17. The van der Waals surface area contributed by atoms with Gasteiger partial charge in [-0.25, -0.2) is 0 Å². The highest BCUT2D eigenvalue weighted by atomic mass is 16.3. The van der Waals surface area contributed by atoms with Crippen LogP contribution in [0.15, 0.2) is 12.2 Å². The maximum absolute atomic E-state index is 10.7. The molecule has 1 heterocycles. The standard InChI is InChI=1S/C12H19NO/c14-12(11-3-1-2-6-13-11)8-9-4-5-10(12)7-9/h4-5,9-11,13-14H,1-3,6-8H2. The van der Waals surface area contributed by atoms with E-state index in [1.165, 1.54) is 19.3 Å². The first kappa shape index (κ1) is 8.93. The SMILES string of the molecule is OC1(C2CCCCN2)CC2C=CC1C2. The van der Waals surface area contributed by atoms with Gasteiger partial charge in [0.25, 0.3) is 0 Å². The highest BCUT2D eigenvalue weighted by molar-refractivity contribution is 5.19. The van der Waals surface area contributed by atoms with Crippen LogP contribution < -0.4 is 5.32 Å². The summed E-state index contributed by atoms with van der Waals surface area (Å²) in [5, 5.41) is 14.2. The van der Waals surface area contributed by atoms with Gasteiger partial charge in [0, 0.05) is 12.0 Å². The maximum Gasteiger partial charge on any atom is 0.0867 e. The molecule has 2 N–H and O–H groups in total. The van der Waals surface area contributed by atoms with Crippen molar-refractivity contribution >= 4 is 0 Å². The normalized spacial score (nSPS) is 51.4. The van der Waals surface area contributed by atoms with Crippen LogP contribution in [-0.4, -0.2) is 23.3 Å². The Labute approximate surface area is 85.4 Å². The van der Waals surface area contributed by atoms with E-state index >= 15 is 0 Å². The molecule has 3 aliphatic rings. The highest BCUT2D eigenvalue weighted by Gasteiger charge is 2.51. The van der Waals surface area contributed by atoms with Crippen LogP contribution in [0.4, 0.5) is 0 Å². The first-order valence-electron chi connectivity index (χ1n) is 5.93. The average Bonchev–Trinajstić information content (AvgIpc) is 2.79. The van der Waals surface area contributed by atoms with Crippen LogP contribution in [0.2, 0.25) is 0 Å². The van der Waals surface area contributed by atoms with Gasteiger partial charge in [-0.3, -0.25) is 0 Å². The lowest BCUT2D eigenvalue weighted by molar-refractivity contribution is -0.0294. The molecule has 2 aliphatic carbocycles. The zero-order valence-corrected chi connectivity index (χ0v) is 8.58. The lowest BCUT2D eigenvalue weighted by Gasteiger charge is -2.40. The summed E-state index contributed by atoms with van der Waals surface area (Å²) in [6.07, 6.45) is 10.4. The van der Waals surface area contributed by atoms with Crippen molar-refractivity contribution in [2.45, 2.75) is 43.7 Å². The molecule has 4 atom stereocenters. The quantitative estimate of drug-likeness (QED) is 0.618. The number of aliphatic hydroxyl groups is 1. The van der Waals surface area contributed by atoms with Crippen LogP contribution in [-0.2, 0) is 0 Å². The zero-order valence-electron chi connectivity index (χ0n) is 8.58. The topological polar surface area (TPSA) is 32.3 Å². The van der Waals surface area contributed by atoms with Crippen molar-refractivity contribution in [3.63, 3.8) is 0 Å². The Morgan fingerprint density at radius 2 is 2.21 bits per heavy atom. The van der Waals surface area contributed by atoms with Gasteiger partial charge in [0.1, 0.15) is 0 Å². The van der Waals surface area contributed by atoms with E-state index < -0.39 is 5.60 Å². The summed E-state index contributed by atoms with van der Waals surface area (Å²) in [5.74, 6) is 1.09. The zero-order chi connectivity index (χ0) is 9.60. The minimum Gasteiger partial charge on any atom is -0.388 e. The molecular formula is C12H19NO. The first-order valence-corrected chi connectivity index (χ1v) is 5.93. The summed E-state index contributed by atoms with van der Waals surface area (Å²) in [5.41, 5.74) is -0.417. The Morgan fingerprint density at radius 1 is 1.29 bits per heavy atom. The Hall–Kier alpha value is -0.340. The predicted molar refractivity (Wildman–Crippen MR) is 55.9 cm³/mol. The van der Waals surface area contributed by atoms with E-state index in [0.717, 1.165) is 19.4 Å². The Balaban J connectivity index is 1.79. The number of nitrogens with one attached hydrogen (secondary N) is 1. The van der Waals surface area contributed by atoms with Crippen molar-refractivity contribution in [3.05, 3.63) is 12.2 Å². The molecule has 3 rings (SSSR count). The van der Waals surface area contributed by atoms with E-state index in [1.54, 1.807) is 0 Å². The molecule has 2 nitrogen and oxygen atoms in total. The Kier molecular flexibility index (Phi) is 1.96. The Bertz CT molecular complexity index is 257. The second-order valence-electron chi connectivity index (χ2n) is 5.19. The fourth-order valence-electron chi connectivity index (χ4n) is 3.55. The molecule has 0 radical (unpaired) electrons. The fraction of sp³-hybridized carbons (Fsp3) is 0.833. The molecule has 0 spiro atoms. The van der Waals surface area contributed by atoms with Crippen LogP contribution >= 0.6 is 0 Å². The van der Waals surface area contributed by atoms with Gasteiger partial charge in [0.05, 0.1) is 5.60 Å². The minimum atomic E-state index is -0.417. The molecule has 0 aromatic rings. The largest absolute Gasteiger partial charge is 0.388 e. The average molecular weight is 193 g/mol. The van der Waals surface area contributed by atoms with E-state index in [0.29, 0.717) is 17.9 Å². The van der Waals surface area contributed by atoms with E-state index in [2.05, 4.69) is 17.5 Å². The third-order valence-corrected chi connectivity index (χ3v) is 4.32. The molecule has 2 fully saturated rings. The van der Waals surface area contributed by atoms with Crippen molar-refractivity contribution in [3.8, 4) is 0 Å². The molecule has 0 aromatic carbocycles. The van der Waals surface area contributed by atoms with Gasteiger partial charge in [-0.2, -0.15) is 0 Å². The van der Waals surface area contributed by atoms with E-state index in [-0.39, 0.29) is 0 Å². The van der Waals surface area contributed by atoms with Crippen molar-refractivity contribution in [2.75, 3.05) is 6.54 Å². The summed E-state index contributed by atoms with van der Waals surface area (Å²) in [4.78, 5) is 0. The number of rotatable bonds is 1. The van der Waals surface area contributed by atoms with Crippen LogP contribution in [0.25, 0.3) is 0 Å². The van der Waals surface area contributed by atoms with Gasteiger partial charge in [-0.15, -0.1) is 0 Å². The number of piperidine rings is 1. The van der Waals surface area contributed by atoms with Crippen LogP contribution in [0.3, 0.4) is 0 Å². The molecule has 2 bridgehead atoms. The second-order valence-corrected chi connectivity index (χ2v) is 5.19. The van der Waals surface area contributed by atoms with Gasteiger partial charge in [0.15, 0.2) is 0 Å². The first-order chi connectivity index (χ1) is 6.79. The van der Waals surface area contributed by atoms with E-state index in [9.17, 15) is 5.11 Å². The molecule has 1 aliphatic heterocycles. The third-order valence-electron chi connectivity index (χ3n) is 4.32. The minimum absolute atomic E-state index is 0.358.